The maximum absolute atomic E-state index is 12.0. The Morgan fingerprint density at radius 1 is 1.12 bits per heavy atom. The molecule has 5 nitrogen and oxygen atoms in total. The van der Waals surface area contributed by atoms with Gasteiger partial charge in [0.05, 0.1) is 12.2 Å². The van der Waals surface area contributed by atoms with Crippen molar-refractivity contribution in [1.29, 1.82) is 0 Å². The van der Waals surface area contributed by atoms with E-state index in [1.165, 1.54) is 12.8 Å². The monoisotopic (exact) mass is 328 g/mol. The molecule has 5 heteroatoms. The predicted molar refractivity (Wildman–Crippen MR) is 92.8 cm³/mol. The second-order valence-corrected chi connectivity index (χ2v) is 7.34. The van der Waals surface area contributed by atoms with Crippen LogP contribution in [-0.4, -0.2) is 44.4 Å². The zero-order chi connectivity index (χ0) is 16.7. The van der Waals surface area contributed by atoms with E-state index in [1.807, 2.05) is 24.3 Å². The van der Waals surface area contributed by atoms with Gasteiger partial charge in [-0.1, -0.05) is 31.0 Å². The third-order valence-corrected chi connectivity index (χ3v) is 5.90. The molecule has 0 amide bonds. The van der Waals surface area contributed by atoms with Crippen molar-refractivity contribution in [3.63, 3.8) is 0 Å². The van der Waals surface area contributed by atoms with E-state index in [9.17, 15) is 15.0 Å². The summed E-state index contributed by atoms with van der Waals surface area (Å²) >= 11 is 0. The third-order valence-electron chi connectivity index (χ3n) is 5.90. The average Bonchev–Trinajstić information content (AvgIpc) is 3.04. The molecule has 4 rings (SSSR count). The van der Waals surface area contributed by atoms with Crippen molar-refractivity contribution in [2.45, 2.75) is 56.4 Å². The molecule has 1 aliphatic carbocycles. The number of nitrogens with zero attached hydrogens (tertiary/aromatic N) is 1. The zero-order valence-electron chi connectivity index (χ0n) is 13.7. The lowest BCUT2D eigenvalue weighted by Crippen LogP contribution is -2.58. The summed E-state index contributed by atoms with van der Waals surface area (Å²) < 4.78 is 0. The molecule has 2 fully saturated rings. The minimum absolute atomic E-state index is 0.0180. The number of likely N-dealkylation sites (tertiary alicyclic amines) is 1. The van der Waals surface area contributed by atoms with Gasteiger partial charge in [0, 0.05) is 30.2 Å². The summed E-state index contributed by atoms with van der Waals surface area (Å²) in [4.78, 5) is 17.2. The minimum atomic E-state index is -0.703. The highest BCUT2D eigenvalue weighted by molar-refractivity contribution is 5.84. The van der Waals surface area contributed by atoms with Gasteiger partial charge in [0.15, 0.2) is 0 Å². The molecule has 0 bridgehead atoms. The topological polar surface area (TPSA) is 76.6 Å². The summed E-state index contributed by atoms with van der Waals surface area (Å²) in [6.07, 6.45) is 5.57. The van der Waals surface area contributed by atoms with Gasteiger partial charge >= 0.3 is 0 Å². The smallest absolute Gasteiger partial charge is 0.255 e. The molecule has 1 spiro atoms. The SMILES string of the molecule is O=c1[nH]cc(CN2C[C@@H](O)[C@@H](O)CC23CCCC3)c2ccccc12. The molecular weight excluding hydrogens is 304 g/mol. The fourth-order valence-corrected chi connectivity index (χ4v) is 4.59. The summed E-state index contributed by atoms with van der Waals surface area (Å²) in [6.45, 7) is 1.16. The number of hydrogen-bond donors (Lipinski definition) is 3. The van der Waals surface area contributed by atoms with Crippen molar-refractivity contribution in [3.8, 4) is 0 Å². The Bertz CT molecular complexity index is 795. The molecular formula is C19H24N2O3. The molecule has 1 aliphatic heterocycles. The van der Waals surface area contributed by atoms with Gasteiger partial charge in [-0.15, -0.1) is 0 Å². The number of benzene rings is 1. The number of fused-ring (bicyclic) bond motifs is 1. The van der Waals surface area contributed by atoms with E-state index in [1.54, 1.807) is 6.20 Å². The highest BCUT2D eigenvalue weighted by atomic mass is 16.3. The van der Waals surface area contributed by atoms with E-state index in [-0.39, 0.29) is 11.1 Å². The van der Waals surface area contributed by atoms with Gasteiger partial charge in [0.25, 0.3) is 5.56 Å². The zero-order valence-corrected chi connectivity index (χ0v) is 13.7. The summed E-state index contributed by atoms with van der Waals surface area (Å²) in [7, 11) is 0. The summed E-state index contributed by atoms with van der Waals surface area (Å²) in [5.41, 5.74) is 0.981. The van der Waals surface area contributed by atoms with E-state index in [4.69, 9.17) is 0 Å². The van der Waals surface area contributed by atoms with Gasteiger partial charge in [0.2, 0.25) is 0 Å². The first-order chi connectivity index (χ1) is 11.6. The average molecular weight is 328 g/mol. The molecule has 0 radical (unpaired) electrons. The highest BCUT2D eigenvalue weighted by Gasteiger charge is 2.46. The van der Waals surface area contributed by atoms with Gasteiger partial charge in [-0.2, -0.15) is 0 Å². The number of aromatic amines is 1. The van der Waals surface area contributed by atoms with E-state index in [0.717, 1.165) is 23.8 Å². The lowest BCUT2D eigenvalue weighted by Gasteiger charge is -2.48. The van der Waals surface area contributed by atoms with Crippen LogP contribution in [0.2, 0.25) is 0 Å². The van der Waals surface area contributed by atoms with Crippen LogP contribution in [0.1, 0.15) is 37.7 Å². The van der Waals surface area contributed by atoms with Crippen LogP contribution in [0.3, 0.4) is 0 Å². The molecule has 128 valence electrons. The molecule has 2 atom stereocenters. The number of aliphatic hydroxyl groups excluding tert-OH is 2. The number of β-amino-alcohol motifs (C(OH)–C–C–N with tert-alkyl or cyclic N) is 1. The van der Waals surface area contributed by atoms with Crippen LogP contribution in [0, 0.1) is 0 Å². The van der Waals surface area contributed by atoms with E-state index >= 15 is 0 Å². The Labute approximate surface area is 140 Å². The molecule has 2 heterocycles. The van der Waals surface area contributed by atoms with Crippen LogP contribution >= 0.6 is 0 Å². The van der Waals surface area contributed by atoms with E-state index in [2.05, 4.69) is 9.88 Å². The van der Waals surface area contributed by atoms with Gasteiger partial charge in [0.1, 0.15) is 0 Å². The van der Waals surface area contributed by atoms with Crippen molar-refractivity contribution in [2.24, 2.45) is 0 Å². The Morgan fingerprint density at radius 2 is 1.83 bits per heavy atom. The molecule has 3 N–H and O–H groups in total. The van der Waals surface area contributed by atoms with Crippen LogP contribution in [0.5, 0.6) is 0 Å². The van der Waals surface area contributed by atoms with Crippen molar-refractivity contribution in [3.05, 3.63) is 46.4 Å². The maximum atomic E-state index is 12.0. The standard InChI is InChI=1S/C19H24N2O3/c22-16-9-19(7-3-4-8-19)21(12-17(16)23)11-13-10-20-18(24)15-6-2-1-5-14(13)15/h1-2,5-6,10,16-17,22-23H,3-4,7-9,11-12H2,(H,20,24)/t16-,17+/m0/s1. The number of piperidine rings is 1. The third kappa shape index (κ3) is 2.57. The molecule has 1 saturated heterocycles. The summed E-state index contributed by atoms with van der Waals surface area (Å²) in [5, 5.41) is 22.0. The molecule has 2 aromatic rings. The van der Waals surface area contributed by atoms with Crippen LogP contribution in [0.25, 0.3) is 10.8 Å². The second-order valence-electron chi connectivity index (χ2n) is 7.34. The Morgan fingerprint density at radius 3 is 2.58 bits per heavy atom. The number of H-pyrrole nitrogens is 1. The van der Waals surface area contributed by atoms with Crippen LogP contribution < -0.4 is 5.56 Å². The lowest BCUT2D eigenvalue weighted by atomic mass is 9.82. The fourth-order valence-electron chi connectivity index (χ4n) is 4.59. The minimum Gasteiger partial charge on any atom is -0.390 e. The largest absolute Gasteiger partial charge is 0.390 e. The predicted octanol–water partition coefficient (Wildman–Crippen LogP) is 1.77. The van der Waals surface area contributed by atoms with E-state index in [0.29, 0.717) is 24.9 Å². The van der Waals surface area contributed by atoms with Gasteiger partial charge in [-0.25, -0.2) is 0 Å². The Balaban J connectivity index is 1.71. The Hall–Kier alpha value is -1.69. The number of aromatic nitrogens is 1. The summed E-state index contributed by atoms with van der Waals surface area (Å²) in [5.74, 6) is 0. The number of pyridine rings is 1. The van der Waals surface area contributed by atoms with Crippen molar-refractivity contribution in [2.75, 3.05) is 6.54 Å². The van der Waals surface area contributed by atoms with Crippen LogP contribution in [-0.2, 0) is 6.54 Å². The maximum Gasteiger partial charge on any atom is 0.255 e. The molecule has 1 aromatic heterocycles. The molecule has 0 unspecified atom stereocenters. The first kappa shape index (κ1) is 15.8. The molecule has 24 heavy (non-hydrogen) atoms. The van der Waals surface area contributed by atoms with Gasteiger partial charge < -0.3 is 15.2 Å². The van der Waals surface area contributed by atoms with E-state index < -0.39 is 12.2 Å². The molecule has 1 saturated carbocycles. The number of nitrogens with one attached hydrogen (secondary N) is 1. The molecule has 1 aromatic carbocycles. The lowest BCUT2D eigenvalue weighted by molar-refractivity contribution is -0.0997. The highest BCUT2D eigenvalue weighted by Crippen LogP contribution is 2.43. The second kappa shape index (κ2) is 5.99. The molecule has 2 aliphatic rings. The van der Waals surface area contributed by atoms with Crippen LogP contribution in [0.15, 0.2) is 35.3 Å². The van der Waals surface area contributed by atoms with Crippen molar-refractivity contribution in [1.82, 2.24) is 9.88 Å². The first-order valence-electron chi connectivity index (χ1n) is 8.80. The fraction of sp³-hybridized carbons (Fsp3) is 0.526. The number of rotatable bonds is 2. The number of hydrogen-bond acceptors (Lipinski definition) is 4. The quantitative estimate of drug-likeness (QED) is 0.785. The van der Waals surface area contributed by atoms with Crippen molar-refractivity contribution >= 4 is 10.8 Å². The first-order valence-corrected chi connectivity index (χ1v) is 8.80. The van der Waals surface area contributed by atoms with Crippen molar-refractivity contribution < 1.29 is 10.2 Å². The number of aliphatic hydroxyl groups is 2. The normalized spacial score (nSPS) is 27.1. The van der Waals surface area contributed by atoms with Gasteiger partial charge in [-0.3, -0.25) is 9.69 Å². The van der Waals surface area contributed by atoms with Gasteiger partial charge in [-0.05, 0) is 36.3 Å². The summed E-state index contributed by atoms with van der Waals surface area (Å²) in [6, 6.07) is 7.65. The Kier molecular flexibility index (Phi) is 3.95. The van der Waals surface area contributed by atoms with Crippen LogP contribution in [0.4, 0.5) is 0 Å².